The fourth-order valence-electron chi connectivity index (χ4n) is 2.76. The van der Waals surface area contributed by atoms with Gasteiger partial charge in [0.25, 0.3) is 5.91 Å². The quantitative estimate of drug-likeness (QED) is 0.504. The molecule has 1 heterocycles. The summed E-state index contributed by atoms with van der Waals surface area (Å²) in [6, 6.07) is 16.9. The van der Waals surface area contributed by atoms with E-state index in [9.17, 15) is 14.0 Å². The third kappa shape index (κ3) is 5.48. The molecule has 1 N–H and O–H groups in total. The molecule has 2 aromatic carbocycles. The average Bonchev–Trinajstić information content (AvgIpc) is 2.72. The zero-order valence-electron chi connectivity index (χ0n) is 16.1. The Labute approximate surface area is 168 Å². The van der Waals surface area contributed by atoms with Crippen LogP contribution in [0.15, 0.2) is 66.7 Å². The van der Waals surface area contributed by atoms with E-state index in [1.54, 1.807) is 31.2 Å². The van der Waals surface area contributed by atoms with Crippen LogP contribution >= 0.6 is 0 Å². The maximum atomic E-state index is 13.0. The van der Waals surface area contributed by atoms with Gasteiger partial charge >= 0.3 is 5.97 Å². The first-order valence-corrected chi connectivity index (χ1v) is 9.23. The number of ether oxygens (including phenoxy) is 1. The van der Waals surface area contributed by atoms with E-state index in [1.807, 2.05) is 30.3 Å². The lowest BCUT2D eigenvalue weighted by Gasteiger charge is -2.17. The number of carbonyl (C=O) groups is 2. The molecule has 0 saturated carbocycles. The molecule has 0 spiro atoms. The highest BCUT2D eigenvalue weighted by atomic mass is 19.1. The SMILES string of the molecule is C[C@H](OC(=O)/C=C\c1ccc2ccccc2n1)C(=O)N[C@@H](C)c1ccc(F)cc1. The summed E-state index contributed by atoms with van der Waals surface area (Å²) < 4.78 is 18.2. The van der Waals surface area contributed by atoms with Crippen molar-refractivity contribution in [3.63, 3.8) is 0 Å². The molecule has 148 valence electrons. The van der Waals surface area contributed by atoms with Crippen LogP contribution < -0.4 is 5.32 Å². The molecule has 1 aromatic heterocycles. The van der Waals surface area contributed by atoms with Gasteiger partial charge < -0.3 is 10.1 Å². The van der Waals surface area contributed by atoms with Gasteiger partial charge in [-0.05, 0) is 49.8 Å². The number of hydrogen-bond acceptors (Lipinski definition) is 4. The van der Waals surface area contributed by atoms with Crippen LogP contribution in [0.3, 0.4) is 0 Å². The van der Waals surface area contributed by atoms with Crippen LogP contribution in [0.4, 0.5) is 4.39 Å². The average molecular weight is 392 g/mol. The third-order valence-electron chi connectivity index (χ3n) is 4.40. The van der Waals surface area contributed by atoms with Gasteiger partial charge in [0.1, 0.15) is 5.82 Å². The molecule has 0 aliphatic carbocycles. The van der Waals surface area contributed by atoms with Crippen LogP contribution in [0.25, 0.3) is 17.0 Å². The van der Waals surface area contributed by atoms with Crippen molar-refractivity contribution < 1.29 is 18.7 Å². The molecule has 0 unspecified atom stereocenters. The fourth-order valence-corrected chi connectivity index (χ4v) is 2.76. The number of para-hydroxylation sites is 1. The summed E-state index contributed by atoms with van der Waals surface area (Å²) >= 11 is 0. The largest absolute Gasteiger partial charge is 0.449 e. The number of aromatic nitrogens is 1. The number of pyridine rings is 1. The Kier molecular flexibility index (Phi) is 6.34. The first-order chi connectivity index (χ1) is 13.9. The molecule has 6 heteroatoms. The van der Waals surface area contributed by atoms with E-state index in [-0.39, 0.29) is 11.9 Å². The topological polar surface area (TPSA) is 68.3 Å². The fraction of sp³-hybridized carbons (Fsp3) is 0.174. The van der Waals surface area contributed by atoms with Crippen molar-refractivity contribution in [2.24, 2.45) is 0 Å². The Hall–Kier alpha value is -3.54. The molecule has 5 nitrogen and oxygen atoms in total. The zero-order chi connectivity index (χ0) is 20.8. The monoisotopic (exact) mass is 392 g/mol. The van der Waals surface area contributed by atoms with Crippen LogP contribution in [-0.4, -0.2) is 23.0 Å². The van der Waals surface area contributed by atoms with Gasteiger partial charge in [0.15, 0.2) is 6.10 Å². The smallest absolute Gasteiger partial charge is 0.331 e. The molecule has 0 bridgehead atoms. The van der Waals surface area contributed by atoms with Gasteiger partial charge in [-0.2, -0.15) is 0 Å². The number of rotatable bonds is 6. The standard InChI is InChI=1S/C23H21FN2O3/c1-15(17-7-10-19(24)11-8-17)25-23(28)16(2)29-22(27)14-13-20-12-9-18-5-3-4-6-21(18)26-20/h3-16H,1-2H3,(H,25,28)/b14-13-/t15-,16-/m0/s1. The Bertz CT molecular complexity index is 1050. The molecule has 0 aliphatic heterocycles. The Morgan fingerprint density at radius 2 is 1.76 bits per heavy atom. The lowest BCUT2D eigenvalue weighted by molar-refractivity contribution is -0.150. The van der Waals surface area contributed by atoms with Gasteiger partial charge in [0.05, 0.1) is 17.3 Å². The summed E-state index contributed by atoms with van der Waals surface area (Å²) in [5.74, 6) is -1.42. The first kappa shape index (κ1) is 20.2. The van der Waals surface area contributed by atoms with Gasteiger partial charge in [0, 0.05) is 11.5 Å². The summed E-state index contributed by atoms with van der Waals surface area (Å²) in [5, 5.41) is 3.75. The highest BCUT2D eigenvalue weighted by molar-refractivity contribution is 5.90. The van der Waals surface area contributed by atoms with Crippen LogP contribution in [0, 0.1) is 5.82 Å². The summed E-state index contributed by atoms with van der Waals surface area (Å²) in [6.45, 7) is 3.26. The zero-order valence-corrected chi connectivity index (χ0v) is 16.1. The maximum Gasteiger partial charge on any atom is 0.331 e. The second-order valence-corrected chi connectivity index (χ2v) is 6.62. The number of amides is 1. The minimum absolute atomic E-state index is 0.345. The van der Waals surface area contributed by atoms with Gasteiger partial charge in [-0.1, -0.05) is 36.4 Å². The van der Waals surface area contributed by atoms with E-state index in [2.05, 4.69) is 10.3 Å². The van der Waals surface area contributed by atoms with Crippen LogP contribution in [0.2, 0.25) is 0 Å². The number of halogens is 1. The Morgan fingerprint density at radius 3 is 2.52 bits per heavy atom. The molecule has 3 aromatic rings. The Morgan fingerprint density at radius 1 is 1.03 bits per heavy atom. The van der Waals surface area contributed by atoms with Crippen LogP contribution in [-0.2, 0) is 14.3 Å². The second-order valence-electron chi connectivity index (χ2n) is 6.62. The normalized spacial score (nSPS) is 13.2. The van der Waals surface area contributed by atoms with Crippen molar-refractivity contribution >= 4 is 28.9 Å². The van der Waals surface area contributed by atoms with E-state index in [0.717, 1.165) is 16.5 Å². The molecule has 0 saturated heterocycles. The predicted molar refractivity (Wildman–Crippen MR) is 109 cm³/mol. The van der Waals surface area contributed by atoms with Crippen molar-refractivity contribution in [3.05, 3.63) is 83.8 Å². The van der Waals surface area contributed by atoms with Gasteiger partial charge in [-0.25, -0.2) is 14.2 Å². The van der Waals surface area contributed by atoms with Gasteiger partial charge in [0.2, 0.25) is 0 Å². The van der Waals surface area contributed by atoms with Crippen molar-refractivity contribution in [2.75, 3.05) is 0 Å². The van der Waals surface area contributed by atoms with E-state index in [0.29, 0.717) is 5.69 Å². The third-order valence-corrected chi connectivity index (χ3v) is 4.40. The lowest BCUT2D eigenvalue weighted by Crippen LogP contribution is -2.37. The lowest BCUT2D eigenvalue weighted by atomic mass is 10.1. The van der Waals surface area contributed by atoms with E-state index >= 15 is 0 Å². The number of benzene rings is 2. The maximum absolute atomic E-state index is 13.0. The molecule has 0 fully saturated rings. The molecule has 0 radical (unpaired) electrons. The second kappa shape index (κ2) is 9.10. The van der Waals surface area contributed by atoms with Crippen LogP contribution in [0.1, 0.15) is 31.1 Å². The minimum Gasteiger partial charge on any atom is -0.449 e. The van der Waals surface area contributed by atoms with Crippen molar-refractivity contribution in [2.45, 2.75) is 26.0 Å². The van der Waals surface area contributed by atoms with Gasteiger partial charge in [-0.3, -0.25) is 4.79 Å². The summed E-state index contributed by atoms with van der Waals surface area (Å²) in [6.07, 6.45) is 1.81. The number of esters is 1. The number of fused-ring (bicyclic) bond motifs is 1. The molecular formula is C23H21FN2O3. The Balaban J connectivity index is 1.55. The van der Waals surface area contributed by atoms with Crippen molar-refractivity contribution in [3.8, 4) is 0 Å². The number of nitrogens with zero attached hydrogens (tertiary/aromatic N) is 1. The molecule has 29 heavy (non-hydrogen) atoms. The van der Waals surface area contributed by atoms with E-state index in [4.69, 9.17) is 4.74 Å². The molecular weight excluding hydrogens is 371 g/mol. The number of carbonyl (C=O) groups excluding carboxylic acids is 2. The summed E-state index contributed by atoms with van der Waals surface area (Å²) in [4.78, 5) is 28.7. The van der Waals surface area contributed by atoms with E-state index in [1.165, 1.54) is 25.1 Å². The molecule has 3 rings (SSSR count). The minimum atomic E-state index is -0.973. The van der Waals surface area contributed by atoms with Crippen molar-refractivity contribution in [1.82, 2.24) is 10.3 Å². The van der Waals surface area contributed by atoms with Crippen molar-refractivity contribution in [1.29, 1.82) is 0 Å². The molecule has 2 atom stereocenters. The molecule has 1 amide bonds. The summed E-state index contributed by atoms with van der Waals surface area (Å²) in [5.41, 5.74) is 2.19. The van der Waals surface area contributed by atoms with Gasteiger partial charge in [-0.15, -0.1) is 0 Å². The van der Waals surface area contributed by atoms with Crippen LogP contribution in [0.5, 0.6) is 0 Å². The van der Waals surface area contributed by atoms with E-state index < -0.39 is 18.0 Å². The highest BCUT2D eigenvalue weighted by Gasteiger charge is 2.19. The molecule has 0 aliphatic rings. The first-order valence-electron chi connectivity index (χ1n) is 9.23. The number of nitrogens with one attached hydrogen (secondary N) is 1. The summed E-state index contributed by atoms with van der Waals surface area (Å²) in [7, 11) is 0. The predicted octanol–water partition coefficient (Wildman–Crippen LogP) is 4.20. The number of hydrogen-bond donors (Lipinski definition) is 1. The highest BCUT2D eigenvalue weighted by Crippen LogP contribution is 2.14.